The van der Waals surface area contributed by atoms with Crippen LogP contribution in [0.4, 0.5) is 0 Å². The fourth-order valence-electron chi connectivity index (χ4n) is 3.22. The third kappa shape index (κ3) is 4.15. The molecule has 0 saturated heterocycles. The van der Waals surface area contributed by atoms with Crippen LogP contribution in [0.5, 0.6) is 17.2 Å². The first-order valence-corrected chi connectivity index (χ1v) is 10.7. The molecule has 0 bridgehead atoms. The number of halogens is 1. The van der Waals surface area contributed by atoms with Crippen LogP contribution < -0.4 is 14.9 Å². The maximum atomic E-state index is 12.8. The topological polar surface area (TPSA) is 66.5 Å². The minimum atomic E-state index is -0.252. The molecule has 2 aromatic heterocycles. The quantitative estimate of drug-likeness (QED) is 0.288. The summed E-state index contributed by atoms with van der Waals surface area (Å²) in [5, 5.41) is 4.79. The minimum absolute atomic E-state index is 0.117. The van der Waals surface area contributed by atoms with Crippen molar-refractivity contribution < 1.29 is 13.9 Å². The molecule has 0 aliphatic rings. The number of hydrogen-bond acceptors (Lipinski definition) is 5. The third-order valence-corrected chi connectivity index (χ3v) is 5.49. The van der Waals surface area contributed by atoms with Crippen LogP contribution in [0.2, 0.25) is 0 Å². The average molecular weight is 489 g/mol. The molecule has 5 aromatic rings. The zero-order chi connectivity index (χ0) is 21.9. The Kier molecular flexibility index (Phi) is 5.47. The molecular weight excluding hydrogens is 472 g/mol. The Bertz CT molecular complexity index is 1440. The lowest BCUT2D eigenvalue weighted by atomic mass is 10.2. The minimum Gasteiger partial charge on any atom is -0.489 e. The Morgan fingerprint density at radius 2 is 1.78 bits per heavy atom. The SMILES string of the molecule is O=c1c(Oc2ccccc2Br)coc2cc(OCc3cnn(-c4ccccc4)c3)ccc12. The zero-order valence-corrected chi connectivity index (χ0v) is 18.4. The number of fused-ring (bicyclic) bond motifs is 1. The highest BCUT2D eigenvalue weighted by Gasteiger charge is 2.12. The standard InChI is InChI=1S/C25H17BrN2O4/c26-21-8-4-5-9-22(21)32-24-16-31-23-12-19(10-11-20(23)25(24)29)30-15-17-13-27-28(14-17)18-6-2-1-3-7-18/h1-14,16H,15H2. The van der Waals surface area contributed by atoms with Gasteiger partial charge >= 0.3 is 0 Å². The van der Waals surface area contributed by atoms with Crippen molar-refractivity contribution in [3.63, 3.8) is 0 Å². The number of hydrogen-bond donors (Lipinski definition) is 0. The molecule has 3 aromatic carbocycles. The third-order valence-electron chi connectivity index (χ3n) is 4.83. The summed E-state index contributed by atoms with van der Waals surface area (Å²) in [7, 11) is 0. The molecule has 5 rings (SSSR count). The van der Waals surface area contributed by atoms with Gasteiger partial charge in [0.05, 0.1) is 21.7 Å². The van der Waals surface area contributed by atoms with Crippen LogP contribution >= 0.6 is 15.9 Å². The fraction of sp³-hybridized carbons (Fsp3) is 0.0400. The van der Waals surface area contributed by atoms with E-state index in [-0.39, 0.29) is 11.2 Å². The van der Waals surface area contributed by atoms with Crippen LogP contribution in [0.3, 0.4) is 0 Å². The van der Waals surface area contributed by atoms with E-state index in [2.05, 4.69) is 21.0 Å². The lowest BCUT2D eigenvalue weighted by molar-refractivity contribution is 0.306. The summed E-state index contributed by atoms with van der Waals surface area (Å²) in [4.78, 5) is 12.8. The van der Waals surface area contributed by atoms with Gasteiger partial charge in [0.15, 0.2) is 0 Å². The van der Waals surface area contributed by atoms with E-state index in [1.54, 1.807) is 35.1 Å². The molecule has 0 unspecified atom stereocenters. The number of rotatable bonds is 6. The molecule has 2 heterocycles. The van der Waals surface area contributed by atoms with Crippen LogP contribution in [0.1, 0.15) is 5.56 Å². The Morgan fingerprint density at radius 1 is 0.969 bits per heavy atom. The molecule has 0 amide bonds. The van der Waals surface area contributed by atoms with Gasteiger partial charge in [-0.3, -0.25) is 4.79 Å². The second-order valence-corrected chi connectivity index (χ2v) is 7.89. The van der Waals surface area contributed by atoms with E-state index < -0.39 is 0 Å². The van der Waals surface area contributed by atoms with Crippen molar-refractivity contribution >= 4 is 26.9 Å². The van der Waals surface area contributed by atoms with Gasteiger partial charge in [-0.05, 0) is 52.3 Å². The van der Waals surface area contributed by atoms with Gasteiger partial charge in [-0.15, -0.1) is 0 Å². The molecule has 0 fully saturated rings. The molecule has 0 radical (unpaired) electrons. The van der Waals surface area contributed by atoms with Crippen molar-refractivity contribution in [2.45, 2.75) is 6.61 Å². The Morgan fingerprint density at radius 3 is 2.62 bits per heavy atom. The molecule has 0 spiro atoms. The van der Waals surface area contributed by atoms with Crippen molar-refractivity contribution in [1.29, 1.82) is 0 Å². The first-order valence-electron chi connectivity index (χ1n) is 9.87. The van der Waals surface area contributed by atoms with Crippen LogP contribution in [0.25, 0.3) is 16.7 Å². The molecule has 0 N–H and O–H groups in total. The van der Waals surface area contributed by atoms with E-state index in [1.165, 1.54) is 6.26 Å². The van der Waals surface area contributed by atoms with E-state index in [9.17, 15) is 4.79 Å². The van der Waals surface area contributed by atoms with Gasteiger partial charge in [-0.25, -0.2) is 4.68 Å². The van der Waals surface area contributed by atoms with E-state index >= 15 is 0 Å². The van der Waals surface area contributed by atoms with Gasteiger partial charge in [0, 0.05) is 17.8 Å². The summed E-state index contributed by atoms with van der Waals surface area (Å²) in [5.41, 5.74) is 2.07. The molecular formula is C25H17BrN2O4. The maximum absolute atomic E-state index is 12.8. The summed E-state index contributed by atoms with van der Waals surface area (Å²) in [5.74, 6) is 1.24. The summed E-state index contributed by atoms with van der Waals surface area (Å²) >= 11 is 3.41. The molecule has 158 valence electrons. The Hall–Kier alpha value is -3.84. The summed E-state index contributed by atoms with van der Waals surface area (Å²) in [6, 6.07) is 22.3. The van der Waals surface area contributed by atoms with Crippen LogP contribution in [0, 0.1) is 0 Å². The van der Waals surface area contributed by atoms with E-state index in [0.717, 1.165) is 15.7 Å². The highest BCUT2D eigenvalue weighted by atomic mass is 79.9. The van der Waals surface area contributed by atoms with Crippen molar-refractivity contribution in [3.8, 4) is 22.9 Å². The lowest BCUT2D eigenvalue weighted by Gasteiger charge is -2.08. The predicted molar refractivity (Wildman–Crippen MR) is 125 cm³/mol. The molecule has 32 heavy (non-hydrogen) atoms. The Balaban J connectivity index is 1.32. The second-order valence-electron chi connectivity index (χ2n) is 7.04. The van der Waals surface area contributed by atoms with Gasteiger partial charge < -0.3 is 13.9 Å². The normalized spacial score (nSPS) is 10.9. The van der Waals surface area contributed by atoms with E-state index in [4.69, 9.17) is 13.9 Å². The van der Waals surface area contributed by atoms with Gasteiger partial charge in [0.2, 0.25) is 11.2 Å². The summed E-state index contributed by atoms with van der Waals surface area (Å²) in [6.45, 7) is 0.339. The number of para-hydroxylation sites is 2. The van der Waals surface area contributed by atoms with E-state index in [1.807, 2.05) is 54.7 Å². The van der Waals surface area contributed by atoms with Crippen LogP contribution in [-0.2, 0) is 6.61 Å². The number of aromatic nitrogens is 2. The monoisotopic (exact) mass is 488 g/mol. The smallest absolute Gasteiger partial charge is 0.235 e. The number of nitrogens with zero attached hydrogens (tertiary/aromatic N) is 2. The highest BCUT2D eigenvalue weighted by Crippen LogP contribution is 2.29. The fourth-order valence-corrected chi connectivity index (χ4v) is 3.59. The number of benzene rings is 3. The molecule has 0 aliphatic heterocycles. The van der Waals surface area contributed by atoms with Crippen LogP contribution in [0.15, 0.2) is 105 Å². The predicted octanol–water partition coefficient (Wildman–Crippen LogP) is 6.11. The molecule has 0 aliphatic carbocycles. The van der Waals surface area contributed by atoms with Crippen molar-refractivity contribution in [2.24, 2.45) is 0 Å². The Labute approximate surface area is 191 Å². The summed E-state index contributed by atoms with van der Waals surface area (Å²) < 4.78 is 19.8. The van der Waals surface area contributed by atoms with Gasteiger partial charge in [-0.2, -0.15) is 5.10 Å². The van der Waals surface area contributed by atoms with Crippen molar-refractivity contribution in [2.75, 3.05) is 0 Å². The number of ether oxygens (including phenoxy) is 2. The molecule has 0 saturated carbocycles. The van der Waals surface area contributed by atoms with Gasteiger partial charge in [0.25, 0.3) is 0 Å². The van der Waals surface area contributed by atoms with Gasteiger partial charge in [0.1, 0.15) is 30.0 Å². The molecule has 0 atom stereocenters. The first kappa shape index (κ1) is 20.1. The van der Waals surface area contributed by atoms with E-state index in [0.29, 0.717) is 29.1 Å². The van der Waals surface area contributed by atoms with Crippen molar-refractivity contribution in [3.05, 3.63) is 112 Å². The lowest BCUT2D eigenvalue weighted by Crippen LogP contribution is -2.05. The highest BCUT2D eigenvalue weighted by molar-refractivity contribution is 9.10. The largest absolute Gasteiger partial charge is 0.489 e. The first-order chi connectivity index (χ1) is 15.7. The molecule has 6 nitrogen and oxygen atoms in total. The molecule has 7 heteroatoms. The van der Waals surface area contributed by atoms with Gasteiger partial charge in [-0.1, -0.05) is 30.3 Å². The second kappa shape index (κ2) is 8.72. The maximum Gasteiger partial charge on any atom is 0.235 e. The zero-order valence-electron chi connectivity index (χ0n) is 16.8. The average Bonchev–Trinajstić information content (AvgIpc) is 3.31. The summed E-state index contributed by atoms with van der Waals surface area (Å²) in [6.07, 6.45) is 5.00. The van der Waals surface area contributed by atoms with Crippen molar-refractivity contribution in [1.82, 2.24) is 9.78 Å². The van der Waals surface area contributed by atoms with Crippen LogP contribution in [-0.4, -0.2) is 9.78 Å².